The molecule has 0 aliphatic heterocycles. The number of hydrogen-bond acceptors (Lipinski definition) is 4. The standard InChI is InChI=1S/C16H20N2S2/c1-11-12(2)20-16(18-11)10-19-15-5-3-4-13(8-15)9-17-14-6-7-14/h3-5,8,14,17H,6-7,9-10H2,1-2H3. The number of benzene rings is 1. The molecule has 0 amide bonds. The highest BCUT2D eigenvalue weighted by Crippen LogP contribution is 2.27. The third-order valence-electron chi connectivity index (χ3n) is 3.51. The second kappa shape index (κ2) is 6.29. The van der Waals surface area contributed by atoms with Gasteiger partial charge in [0.05, 0.1) is 11.4 Å². The van der Waals surface area contributed by atoms with Gasteiger partial charge < -0.3 is 5.32 Å². The molecule has 4 heteroatoms. The van der Waals surface area contributed by atoms with Gasteiger partial charge in [0.25, 0.3) is 0 Å². The molecule has 0 spiro atoms. The molecule has 1 heterocycles. The molecule has 2 nitrogen and oxygen atoms in total. The molecule has 1 aromatic heterocycles. The third kappa shape index (κ3) is 3.84. The van der Waals surface area contributed by atoms with E-state index in [2.05, 4.69) is 48.4 Å². The molecule has 1 aliphatic carbocycles. The molecule has 20 heavy (non-hydrogen) atoms. The van der Waals surface area contributed by atoms with Crippen LogP contribution in [0.3, 0.4) is 0 Å². The molecule has 1 aromatic carbocycles. The van der Waals surface area contributed by atoms with Crippen LogP contribution in [0.1, 0.15) is 34.0 Å². The molecule has 1 N–H and O–H groups in total. The SMILES string of the molecule is Cc1nc(CSc2cccc(CNC3CC3)c2)sc1C. The topological polar surface area (TPSA) is 24.9 Å². The Morgan fingerprint density at radius 3 is 2.90 bits per heavy atom. The average molecular weight is 304 g/mol. The predicted molar refractivity (Wildman–Crippen MR) is 87.5 cm³/mol. The zero-order valence-corrected chi connectivity index (χ0v) is 13.6. The summed E-state index contributed by atoms with van der Waals surface area (Å²) in [7, 11) is 0. The van der Waals surface area contributed by atoms with Gasteiger partial charge >= 0.3 is 0 Å². The lowest BCUT2D eigenvalue weighted by molar-refractivity contribution is 0.687. The van der Waals surface area contributed by atoms with Crippen molar-refractivity contribution < 1.29 is 0 Å². The van der Waals surface area contributed by atoms with E-state index in [0.717, 1.165) is 18.3 Å². The van der Waals surface area contributed by atoms with E-state index < -0.39 is 0 Å². The molecule has 0 atom stereocenters. The Balaban J connectivity index is 1.57. The van der Waals surface area contributed by atoms with E-state index >= 15 is 0 Å². The number of aromatic nitrogens is 1. The van der Waals surface area contributed by atoms with Gasteiger partial charge in [-0.1, -0.05) is 12.1 Å². The Bertz CT molecular complexity index is 568. The van der Waals surface area contributed by atoms with Crippen LogP contribution in [-0.4, -0.2) is 11.0 Å². The molecule has 3 rings (SSSR count). The fourth-order valence-electron chi connectivity index (χ4n) is 2.04. The zero-order valence-electron chi connectivity index (χ0n) is 12.0. The number of nitrogens with one attached hydrogen (secondary N) is 1. The second-order valence-electron chi connectivity index (χ2n) is 5.34. The number of thiazole rings is 1. The minimum atomic E-state index is 0.771. The summed E-state index contributed by atoms with van der Waals surface area (Å²) in [6.07, 6.45) is 2.69. The fraction of sp³-hybridized carbons (Fsp3) is 0.438. The van der Waals surface area contributed by atoms with Gasteiger partial charge in [0.2, 0.25) is 0 Å². The van der Waals surface area contributed by atoms with Crippen LogP contribution in [0.5, 0.6) is 0 Å². The third-order valence-corrected chi connectivity index (χ3v) is 5.77. The molecular formula is C16H20N2S2. The van der Waals surface area contributed by atoms with Crippen LogP contribution in [0.4, 0.5) is 0 Å². The van der Waals surface area contributed by atoms with Crippen molar-refractivity contribution in [3.63, 3.8) is 0 Å². The second-order valence-corrected chi connectivity index (χ2v) is 7.68. The maximum Gasteiger partial charge on any atom is 0.103 e. The van der Waals surface area contributed by atoms with Crippen molar-refractivity contribution in [2.75, 3.05) is 0 Å². The highest BCUT2D eigenvalue weighted by atomic mass is 32.2. The van der Waals surface area contributed by atoms with Gasteiger partial charge in [-0.25, -0.2) is 4.98 Å². The summed E-state index contributed by atoms with van der Waals surface area (Å²) in [5.41, 5.74) is 2.56. The molecule has 0 unspecified atom stereocenters. The molecule has 1 fully saturated rings. The summed E-state index contributed by atoms with van der Waals surface area (Å²) in [6.45, 7) is 5.23. The average Bonchev–Trinajstić information content (AvgIpc) is 3.22. The van der Waals surface area contributed by atoms with Crippen LogP contribution >= 0.6 is 23.1 Å². The van der Waals surface area contributed by atoms with Crippen molar-refractivity contribution in [1.29, 1.82) is 0 Å². The monoisotopic (exact) mass is 304 g/mol. The molecule has 0 radical (unpaired) electrons. The van der Waals surface area contributed by atoms with E-state index in [4.69, 9.17) is 0 Å². The first-order valence-corrected chi connectivity index (χ1v) is 8.89. The van der Waals surface area contributed by atoms with Gasteiger partial charge in [0.15, 0.2) is 0 Å². The smallest absolute Gasteiger partial charge is 0.103 e. The van der Waals surface area contributed by atoms with Crippen LogP contribution in [-0.2, 0) is 12.3 Å². The molecular weight excluding hydrogens is 284 g/mol. The Kier molecular flexibility index (Phi) is 4.44. The summed E-state index contributed by atoms with van der Waals surface area (Å²) < 4.78 is 0. The summed E-state index contributed by atoms with van der Waals surface area (Å²) in [5.74, 6) is 0.971. The molecule has 0 saturated heterocycles. The Labute approximate surface area is 129 Å². The summed E-state index contributed by atoms with van der Waals surface area (Å²) >= 11 is 3.70. The van der Waals surface area contributed by atoms with Crippen LogP contribution in [0.2, 0.25) is 0 Å². The summed E-state index contributed by atoms with van der Waals surface area (Å²) in [5, 5.41) is 4.79. The van der Waals surface area contributed by atoms with E-state index in [-0.39, 0.29) is 0 Å². The Morgan fingerprint density at radius 1 is 1.35 bits per heavy atom. The van der Waals surface area contributed by atoms with E-state index in [1.807, 2.05) is 23.1 Å². The largest absolute Gasteiger partial charge is 0.310 e. The van der Waals surface area contributed by atoms with Gasteiger partial charge in [-0.15, -0.1) is 23.1 Å². The van der Waals surface area contributed by atoms with Crippen LogP contribution in [0.25, 0.3) is 0 Å². The predicted octanol–water partition coefficient (Wildman–Crippen LogP) is 4.30. The first-order valence-electron chi connectivity index (χ1n) is 7.09. The molecule has 1 saturated carbocycles. The Morgan fingerprint density at radius 2 is 2.20 bits per heavy atom. The molecule has 0 bridgehead atoms. The number of nitrogens with zero attached hydrogens (tertiary/aromatic N) is 1. The number of hydrogen-bond donors (Lipinski definition) is 1. The number of aryl methyl sites for hydroxylation is 2. The summed E-state index contributed by atoms with van der Waals surface area (Å²) in [6, 6.07) is 9.63. The van der Waals surface area contributed by atoms with Crippen LogP contribution in [0, 0.1) is 13.8 Å². The van der Waals surface area contributed by atoms with Crippen molar-refractivity contribution in [1.82, 2.24) is 10.3 Å². The van der Waals surface area contributed by atoms with Crippen molar-refractivity contribution >= 4 is 23.1 Å². The maximum atomic E-state index is 4.60. The minimum Gasteiger partial charge on any atom is -0.310 e. The molecule has 2 aromatic rings. The van der Waals surface area contributed by atoms with Crippen molar-refractivity contribution in [2.45, 2.75) is 49.9 Å². The lowest BCUT2D eigenvalue weighted by Gasteiger charge is -2.05. The number of thioether (sulfide) groups is 1. The van der Waals surface area contributed by atoms with E-state index in [0.29, 0.717) is 0 Å². The normalized spacial score (nSPS) is 14.7. The van der Waals surface area contributed by atoms with Gasteiger partial charge in [-0.3, -0.25) is 0 Å². The van der Waals surface area contributed by atoms with Crippen molar-refractivity contribution in [2.24, 2.45) is 0 Å². The van der Waals surface area contributed by atoms with Gasteiger partial charge in [0, 0.05) is 22.4 Å². The first kappa shape index (κ1) is 14.1. The highest BCUT2D eigenvalue weighted by molar-refractivity contribution is 7.98. The van der Waals surface area contributed by atoms with E-state index in [9.17, 15) is 0 Å². The van der Waals surface area contributed by atoms with Crippen LogP contribution in [0.15, 0.2) is 29.2 Å². The minimum absolute atomic E-state index is 0.771. The van der Waals surface area contributed by atoms with Gasteiger partial charge in [-0.2, -0.15) is 0 Å². The van der Waals surface area contributed by atoms with Gasteiger partial charge in [0.1, 0.15) is 5.01 Å². The molecule has 1 aliphatic rings. The zero-order chi connectivity index (χ0) is 13.9. The van der Waals surface area contributed by atoms with E-state index in [1.165, 1.54) is 38.9 Å². The van der Waals surface area contributed by atoms with Gasteiger partial charge in [-0.05, 0) is 44.4 Å². The van der Waals surface area contributed by atoms with Crippen molar-refractivity contribution in [3.8, 4) is 0 Å². The quantitative estimate of drug-likeness (QED) is 0.805. The first-order chi connectivity index (χ1) is 9.70. The lowest BCUT2D eigenvalue weighted by Crippen LogP contribution is -2.15. The lowest BCUT2D eigenvalue weighted by atomic mass is 10.2. The maximum absolute atomic E-state index is 4.60. The van der Waals surface area contributed by atoms with Crippen molar-refractivity contribution in [3.05, 3.63) is 45.4 Å². The highest BCUT2D eigenvalue weighted by Gasteiger charge is 2.19. The molecule has 106 valence electrons. The Hall–Kier alpha value is -0.840. The van der Waals surface area contributed by atoms with Crippen LogP contribution < -0.4 is 5.32 Å². The number of rotatable bonds is 6. The fourth-order valence-corrected chi connectivity index (χ4v) is 3.95. The van der Waals surface area contributed by atoms with E-state index in [1.54, 1.807) is 0 Å². The summed E-state index contributed by atoms with van der Waals surface area (Å²) in [4.78, 5) is 7.28.